The van der Waals surface area contributed by atoms with Crippen molar-refractivity contribution < 1.29 is 19.4 Å². The molecule has 6 nitrogen and oxygen atoms in total. The van der Waals surface area contributed by atoms with Crippen LogP contribution in [0.1, 0.15) is 44.6 Å². The van der Waals surface area contributed by atoms with Crippen molar-refractivity contribution in [3.8, 4) is 5.75 Å². The summed E-state index contributed by atoms with van der Waals surface area (Å²) >= 11 is 0. The molecule has 2 N–H and O–H groups in total. The number of nitrogens with one attached hydrogen (secondary N) is 1. The van der Waals surface area contributed by atoms with Gasteiger partial charge < -0.3 is 20.1 Å². The highest BCUT2D eigenvalue weighted by atomic mass is 16.5. The van der Waals surface area contributed by atoms with Crippen LogP contribution in [0.5, 0.6) is 5.75 Å². The Kier molecular flexibility index (Phi) is 8.25. The summed E-state index contributed by atoms with van der Waals surface area (Å²) in [6.07, 6.45) is 4.81. The van der Waals surface area contributed by atoms with E-state index in [1.54, 1.807) is 0 Å². The van der Waals surface area contributed by atoms with E-state index in [-0.39, 0.29) is 12.5 Å². The number of likely N-dealkylation sites (tertiary alicyclic amines) is 1. The summed E-state index contributed by atoms with van der Waals surface area (Å²) in [7, 11) is 0. The molecule has 0 unspecified atom stereocenters. The number of urea groups is 1. The zero-order chi connectivity index (χ0) is 18.8. The fourth-order valence-corrected chi connectivity index (χ4v) is 3.26. The van der Waals surface area contributed by atoms with E-state index >= 15 is 0 Å². The summed E-state index contributed by atoms with van der Waals surface area (Å²) in [4.78, 5) is 24.4. The van der Waals surface area contributed by atoms with Gasteiger partial charge in [0.2, 0.25) is 0 Å². The molecule has 1 aliphatic rings. The molecular formula is C20H30N2O4. The zero-order valence-corrected chi connectivity index (χ0v) is 15.6. The molecule has 2 amide bonds. The van der Waals surface area contributed by atoms with E-state index in [1.807, 2.05) is 24.0 Å². The van der Waals surface area contributed by atoms with Crippen molar-refractivity contribution in [1.29, 1.82) is 0 Å². The Morgan fingerprint density at radius 3 is 2.54 bits per heavy atom. The second-order valence-corrected chi connectivity index (χ2v) is 6.78. The number of hydrogen-bond donors (Lipinski definition) is 2. The minimum Gasteiger partial charge on any atom is -0.494 e. The highest BCUT2D eigenvalue weighted by Crippen LogP contribution is 2.23. The van der Waals surface area contributed by atoms with Gasteiger partial charge in [0, 0.05) is 26.1 Å². The molecule has 0 bridgehead atoms. The van der Waals surface area contributed by atoms with E-state index < -0.39 is 5.97 Å². The lowest BCUT2D eigenvalue weighted by molar-refractivity contribution is -0.137. The Labute approximate surface area is 155 Å². The summed E-state index contributed by atoms with van der Waals surface area (Å²) in [5, 5.41) is 11.4. The Morgan fingerprint density at radius 1 is 1.23 bits per heavy atom. The number of piperidine rings is 1. The molecule has 26 heavy (non-hydrogen) atoms. The lowest BCUT2D eigenvalue weighted by atomic mass is 9.90. The number of rotatable bonds is 9. The molecule has 6 heteroatoms. The third-order valence-electron chi connectivity index (χ3n) is 4.82. The molecule has 1 aromatic carbocycles. The maximum atomic E-state index is 12.1. The average Bonchev–Trinajstić information content (AvgIpc) is 2.65. The highest BCUT2D eigenvalue weighted by molar-refractivity contribution is 5.74. The normalized spacial score (nSPS) is 14.9. The summed E-state index contributed by atoms with van der Waals surface area (Å²) < 4.78 is 5.46. The second-order valence-electron chi connectivity index (χ2n) is 6.78. The maximum Gasteiger partial charge on any atom is 0.317 e. The Bertz CT molecular complexity index is 566. The first-order valence-electron chi connectivity index (χ1n) is 9.54. The van der Waals surface area contributed by atoms with Crippen molar-refractivity contribution >= 4 is 12.0 Å². The largest absolute Gasteiger partial charge is 0.494 e. The molecular weight excluding hydrogens is 332 g/mol. The fraction of sp³-hybridized carbons (Fsp3) is 0.600. The smallest absolute Gasteiger partial charge is 0.317 e. The molecule has 1 heterocycles. The molecule has 1 aromatic rings. The lowest BCUT2D eigenvalue weighted by Crippen LogP contribution is -2.44. The van der Waals surface area contributed by atoms with Crippen LogP contribution in [-0.2, 0) is 11.2 Å². The zero-order valence-electron chi connectivity index (χ0n) is 15.6. The number of benzene rings is 1. The third-order valence-corrected chi connectivity index (χ3v) is 4.82. The van der Waals surface area contributed by atoms with Gasteiger partial charge in [-0.25, -0.2) is 4.79 Å². The van der Waals surface area contributed by atoms with Gasteiger partial charge in [0.15, 0.2) is 0 Å². The number of ether oxygens (including phenoxy) is 1. The van der Waals surface area contributed by atoms with E-state index in [4.69, 9.17) is 9.84 Å². The molecule has 144 valence electrons. The number of hydrogen-bond acceptors (Lipinski definition) is 3. The number of aliphatic carboxylic acids is 1. The fourth-order valence-electron chi connectivity index (χ4n) is 3.26. The van der Waals surface area contributed by atoms with Crippen molar-refractivity contribution in [1.82, 2.24) is 10.2 Å². The molecule has 2 rings (SSSR count). The number of carbonyl (C=O) groups excluding carboxylic acids is 1. The van der Waals surface area contributed by atoms with Crippen LogP contribution in [0.3, 0.4) is 0 Å². The van der Waals surface area contributed by atoms with Gasteiger partial charge in [0.1, 0.15) is 5.75 Å². The third kappa shape index (κ3) is 6.94. The first-order chi connectivity index (χ1) is 12.6. The van der Waals surface area contributed by atoms with Crippen molar-refractivity contribution in [2.45, 2.75) is 45.4 Å². The number of carboxylic acids is 1. The Morgan fingerprint density at radius 2 is 1.92 bits per heavy atom. The predicted octanol–water partition coefficient (Wildman–Crippen LogP) is 3.30. The van der Waals surface area contributed by atoms with Crippen LogP contribution in [0.25, 0.3) is 0 Å². The summed E-state index contributed by atoms with van der Waals surface area (Å²) in [5.74, 6) is 0.740. The van der Waals surface area contributed by atoms with Crippen LogP contribution in [0.2, 0.25) is 0 Å². The molecule has 0 aromatic heterocycles. The summed E-state index contributed by atoms with van der Waals surface area (Å²) in [6, 6.07) is 8.24. The first kappa shape index (κ1) is 20.1. The predicted molar refractivity (Wildman–Crippen MR) is 100 cm³/mol. The number of carboxylic acid groups (broad SMARTS) is 1. The van der Waals surface area contributed by atoms with Gasteiger partial charge in [-0.2, -0.15) is 0 Å². The molecule has 0 atom stereocenters. The summed E-state index contributed by atoms with van der Waals surface area (Å²) in [6.45, 7) is 4.64. The van der Waals surface area contributed by atoms with Crippen molar-refractivity contribution in [3.63, 3.8) is 0 Å². The Hall–Kier alpha value is -2.24. The lowest BCUT2D eigenvalue weighted by Gasteiger charge is -2.32. The van der Waals surface area contributed by atoms with Crippen LogP contribution < -0.4 is 10.1 Å². The molecule has 1 saturated heterocycles. The van der Waals surface area contributed by atoms with Gasteiger partial charge in [-0.15, -0.1) is 0 Å². The molecule has 0 spiro atoms. The van der Waals surface area contributed by atoms with Gasteiger partial charge in [-0.1, -0.05) is 12.1 Å². The van der Waals surface area contributed by atoms with Crippen LogP contribution in [0.15, 0.2) is 24.3 Å². The van der Waals surface area contributed by atoms with Crippen LogP contribution in [0, 0.1) is 5.92 Å². The van der Waals surface area contributed by atoms with Gasteiger partial charge in [0.05, 0.1) is 6.61 Å². The molecule has 1 fully saturated rings. The SMILES string of the molecule is CCOc1ccc(CCC2CCN(C(=O)NCCCC(=O)O)CC2)cc1. The van der Waals surface area contributed by atoms with Crippen LogP contribution in [0.4, 0.5) is 4.79 Å². The number of aryl methyl sites for hydroxylation is 1. The van der Waals surface area contributed by atoms with E-state index in [0.717, 1.165) is 44.5 Å². The minimum absolute atomic E-state index is 0.0691. The second kappa shape index (κ2) is 10.7. The topological polar surface area (TPSA) is 78.9 Å². The average molecular weight is 362 g/mol. The van der Waals surface area contributed by atoms with Crippen molar-refractivity contribution in [3.05, 3.63) is 29.8 Å². The van der Waals surface area contributed by atoms with Gasteiger partial charge >= 0.3 is 12.0 Å². The molecule has 0 radical (unpaired) electrons. The van der Waals surface area contributed by atoms with Gasteiger partial charge in [-0.05, 0) is 62.6 Å². The number of nitrogens with zero attached hydrogens (tertiary/aromatic N) is 1. The monoisotopic (exact) mass is 362 g/mol. The van der Waals surface area contributed by atoms with E-state index in [2.05, 4.69) is 17.4 Å². The van der Waals surface area contributed by atoms with E-state index in [1.165, 1.54) is 5.56 Å². The van der Waals surface area contributed by atoms with E-state index in [0.29, 0.717) is 25.5 Å². The van der Waals surface area contributed by atoms with Gasteiger partial charge in [-0.3, -0.25) is 4.79 Å². The van der Waals surface area contributed by atoms with E-state index in [9.17, 15) is 9.59 Å². The molecule has 0 aliphatic carbocycles. The standard InChI is InChI=1S/C20H30N2O4/c1-2-26-18-9-7-16(8-10-18)5-6-17-11-14-22(15-12-17)20(25)21-13-3-4-19(23)24/h7-10,17H,2-6,11-15H2,1H3,(H,21,25)(H,23,24). The number of amides is 2. The van der Waals surface area contributed by atoms with Crippen LogP contribution in [-0.4, -0.2) is 48.2 Å². The molecule has 1 aliphatic heterocycles. The highest BCUT2D eigenvalue weighted by Gasteiger charge is 2.22. The van der Waals surface area contributed by atoms with Crippen LogP contribution >= 0.6 is 0 Å². The Balaban J connectivity index is 1.63. The summed E-state index contributed by atoms with van der Waals surface area (Å²) in [5.41, 5.74) is 1.33. The minimum atomic E-state index is -0.826. The quantitative estimate of drug-likeness (QED) is 0.661. The molecule has 0 saturated carbocycles. The number of carbonyl (C=O) groups is 2. The van der Waals surface area contributed by atoms with Crippen molar-refractivity contribution in [2.24, 2.45) is 5.92 Å². The van der Waals surface area contributed by atoms with Gasteiger partial charge in [0.25, 0.3) is 0 Å². The van der Waals surface area contributed by atoms with Crippen molar-refractivity contribution in [2.75, 3.05) is 26.2 Å². The maximum absolute atomic E-state index is 12.1. The first-order valence-corrected chi connectivity index (χ1v) is 9.54.